The largest absolute Gasteiger partial charge is 0.269 e. The van der Waals surface area contributed by atoms with Gasteiger partial charge in [0.1, 0.15) is 0 Å². The van der Waals surface area contributed by atoms with Crippen LogP contribution in [-0.4, -0.2) is 17.6 Å². The third kappa shape index (κ3) is 1.70. The zero-order valence-electron chi connectivity index (χ0n) is 9.63. The summed E-state index contributed by atoms with van der Waals surface area (Å²) in [6.07, 6.45) is 8.26. The molecule has 2 nitrogen and oxygen atoms in total. The zero-order chi connectivity index (χ0) is 10.2. The van der Waals surface area contributed by atoms with Crippen LogP contribution in [0.2, 0.25) is 0 Å². The summed E-state index contributed by atoms with van der Waals surface area (Å²) in [6.45, 7) is 5.81. The molecular formula is C12H24N2. The molecular weight excluding hydrogens is 172 g/mol. The lowest BCUT2D eigenvalue weighted by Crippen LogP contribution is -2.53. The number of rotatable bonds is 2. The maximum absolute atomic E-state index is 6.11. The maximum Gasteiger partial charge on any atom is 0.0297 e. The molecule has 0 bridgehead atoms. The molecule has 1 saturated heterocycles. The number of nitrogens with zero attached hydrogens (tertiary/aromatic N) is 1. The van der Waals surface area contributed by atoms with Gasteiger partial charge < -0.3 is 0 Å². The molecule has 2 rings (SSSR count). The Morgan fingerprint density at radius 2 is 2.07 bits per heavy atom. The Bertz CT molecular complexity index is 202. The highest BCUT2D eigenvalue weighted by Crippen LogP contribution is 2.50. The molecule has 0 radical (unpaired) electrons. The van der Waals surface area contributed by atoms with Crippen molar-refractivity contribution in [3.8, 4) is 0 Å². The van der Waals surface area contributed by atoms with Gasteiger partial charge in [-0.2, -0.15) is 0 Å². The van der Waals surface area contributed by atoms with Crippen LogP contribution in [0.5, 0.6) is 0 Å². The van der Waals surface area contributed by atoms with Gasteiger partial charge in [0.15, 0.2) is 0 Å². The normalized spacial score (nSPS) is 39.0. The monoisotopic (exact) mass is 196 g/mol. The lowest BCUT2D eigenvalue weighted by molar-refractivity contribution is 0.0208. The van der Waals surface area contributed by atoms with Crippen molar-refractivity contribution in [1.29, 1.82) is 0 Å². The molecule has 2 atom stereocenters. The molecule has 14 heavy (non-hydrogen) atoms. The van der Waals surface area contributed by atoms with Crippen LogP contribution in [0.4, 0.5) is 0 Å². The minimum atomic E-state index is 0.584. The van der Waals surface area contributed by atoms with Gasteiger partial charge in [-0.05, 0) is 43.4 Å². The molecule has 2 aliphatic rings. The molecule has 0 spiro atoms. The van der Waals surface area contributed by atoms with Crippen LogP contribution in [0, 0.1) is 11.3 Å². The highest BCUT2D eigenvalue weighted by atomic mass is 15.4. The summed E-state index contributed by atoms with van der Waals surface area (Å²) in [5.41, 5.74) is 0.584. The molecule has 2 heteroatoms. The lowest BCUT2D eigenvalue weighted by atomic mass is 9.70. The topological polar surface area (TPSA) is 29.3 Å². The number of hydrogen-bond acceptors (Lipinski definition) is 2. The average molecular weight is 196 g/mol. The summed E-state index contributed by atoms with van der Waals surface area (Å²) >= 11 is 0. The number of nitrogens with two attached hydrogens (primary N) is 1. The van der Waals surface area contributed by atoms with Crippen LogP contribution < -0.4 is 5.84 Å². The van der Waals surface area contributed by atoms with E-state index in [1.807, 2.05) is 0 Å². The van der Waals surface area contributed by atoms with E-state index in [0.29, 0.717) is 11.5 Å². The van der Waals surface area contributed by atoms with Gasteiger partial charge >= 0.3 is 0 Å². The van der Waals surface area contributed by atoms with Gasteiger partial charge in [-0.1, -0.05) is 20.3 Å². The Labute approximate surface area is 87.8 Å². The summed E-state index contributed by atoms with van der Waals surface area (Å²) in [4.78, 5) is 0. The van der Waals surface area contributed by atoms with E-state index in [1.54, 1.807) is 0 Å². The van der Waals surface area contributed by atoms with Gasteiger partial charge in [-0.3, -0.25) is 5.84 Å². The molecule has 0 amide bonds. The number of hydrazine groups is 1. The van der Waals surface area contributed by atoms with Crippen molar-refractivity contribution in [3.05, 3.63) is 0 Å². The van der Waals surface area contributed by atoms with E-state index < -0.39 is 0 Å². The summed E-state index contributed by atoms with van der Waals surface area (Å²) < 4.78 is 0. The summed E-state index contributed by atoms with van der Waals surface area (Å²) in [6, 6.07) is 0.693. The lowest BCUT2D eigenvalue weighted by Gasteiger charge is -2.45. The standard InChI is InChI=1S/C12H24N2/c1-10(2)9-12-6-3-5-11(12)14(13)8-4-7-12/h10-11H,3-9,13H2,1-2H3. The Kier molecular flexibility index (Phi) is 2.85. The molecule has 1 aliphatic carbocycles. The van der Waals surface area contributed by atoms with Crippen LogP contribution >= 0.6 is 0 Å². The molecule has 1 saturated carbocycles. The van der Waals surface area contributed by atoms with E-state index in [-0.39, 0.29) is 0 Å². The van der Waals surface area contributed by atoms with E-state index in [0.717, 1.165) is 12.5 Å². The Balaban J connectivity index is 2.12. The molecule has 82 valence electrons. The molecule has 1 heterocycles. The van der Waals surface area contributed by atoms with E-state index in [1.165, 1.54) is 38.5 Å². The Morgan fingerprint density at radius 3 is 2.79 bits per heavy atom. The molecule has 2 unspecified atom stereocenters. The van der Waals surface area contributed by atoms with Gasteiger partial charge in [-0.15, -0.1) is 0 Å². The first kappa shape index (κ1) is 10.4. The fourth-order valence-electron chi connectivity index (χ4n) is 3.85. The van der Waals surface area contributed by atoms with Crippen molar-refractivity contribution in [3.63, 3.8) is 0 Å². The second-order valence-electron chi connectivity index (χ2n) is 5.71. The molecule has 2 fully saturated rings. The van der Waals surface area contributed by atoms with E-state index in [2.05, 4.69) is 18.9 Å². The third-order valence-corrected chi connectivity index (χ3v) is 4.17. The number of hydrogen-bond donors (Lipinski definition) is 1. The molecule has 0 aromatic rings. The molecule has 0 aromatic carbocycles. The van der Waals surface area contributed by atoms with Crippen molar-refractivity contribution in [2.24, 2.45) is 17.2 Å². The minimum absolute atomic E-state index is 0.584. The number of piperidine rings is 1. The third-order valence-electron chi connectivity index (χ3n) is 4.17. The van der Waals surface area contributed by atoms with Crippen LogP contribution in [0.1, 0.15) is 52.4 Å². The smallest absolute Gasteiger partial charge is 0.0297 e. The van der Waals surface area contributed by atoms with E-state index >= 15 is 0 Å². The van der Waals surface area contributed by atoms with Gasteiger partial charge in [-0.25, -0.2) is 5.01 Å². The molecule has 1 aliphatic heterocycles. The predicted octanol–water partition coefficient (Wildman–Crippen LogP) is 2.54. The van der Waals surface area contributed by atoms with E-state index in [9.17, 15) is 0 Å². The first-order valence-corrected chi connectivity index (χ1v) is 6.15. The van der Waals surface area contributed by atoms with Crippen molar-refractivity contribution in [1.82, 2.24) is 5.01 Å². The van der Waals surface area contributed by atoms with Gasteiger partial charge in [0.2, 0.25) is 0 Å². The van der Waals surface area contributed by atoms with Crippen LogP contribution in [0.3, 0.4) is 0 Å². The quantitative estimate of drug-likeness (QED) is 0.688. The van der Waals surface area contributed by atoms with Crippen molar-refractivity contribution in [2.75, 3.05) is 6.54 Å². The van der Waals surface area contributed by atoms with Crippen LogP contribution in [-0.2, 0) is 0 Å². The second-order valence-corrected chi connectivity index (χ2v) is 5.71. The van der Waals surface area contributed by atoms with Crippen molar-refractivity contribution < 1.29 is 0 Å². The minimum Gasteiger partial charge on any atom is -0.269 e. The Hall–Kier alpha value is -0.0800. The second kappa shape index (κ2) is 3.82. The Morgan fingerprint density at radius 1 is 1.36 bits per heavy atom. The summed E-state index contributed by atoms with van der Waals surface area (Å²) in [5.74, 6) is 6.94. The SMILES string of the molecule is CC(C)CC12CCCC1N(N)CCC2. The predicted molar refractivity (Wildman–Crippen MR) is 59.7 cm³/mol. The zero-order valence-corrected chi connectivity index (χ0v) is 9.63. The van der Waals surface area contributed by atoms with E-state index in [4.69, 9.17) is 5.84 Å². The maximum atomic E-state index is 6.11. The summed E-state index contributed by atoms with van der Waals surface area (Å²) in [5, 5.41) is 2.14. The first-order valence-electron chi connectivity index (χ1n) is 6.15. The van der Waals surface area contributed by atoms with Crippen molar-refractivity contribution >= 4 is 0 Å². The van der Waals surface area contributed by atoms with Gasteiger partial charge in [0.05, 0.1) is 0 Å². The first-order chi connectivity index (χ1) is 6.64. The number of fused-ring (bicyclic) bond motifs is 1. The van der Waals surface area contributed by atoms with Gasteiger partial charge in [0, 0.05) is 12.6 Å². The average Bonchev–Trinajstić information content (AvgIpc) is 2.47. The highest BCUT2D eigenvalue weighted by molar-refractivity contribution is 4.99. The van der Waals surface area contributed by atoms with Crippen LogP contribution in [0.15, 0.2) is 0 Å². The van der Waals surface area contributed by atoms with Crippen LogP contribution in [0.25, 0.3) is 0 Å². The highest BCUT2D eigenvalue weighted by Gasteiger charge is 2.46. The molecule has 0 aromatic heterocycles. The summed E-state index contributed by atoms with van der Waals surface area (Å²) in [7, 11) is 0. The molecule has 2 N–H and O–H groups in total. The van der Waals surface area contributed by atoms with Crippen molar-refractivity contribution in [2.45, 2.75) is 58.4 Å². The van der Waals surface area contributed by atoms with Gasteiger partial charge in [0.25, 0.3) is 0 Å². The fraction of sp³-hybridized carbons (Fsp3) is 1.00. The fourth-order valence-corrected chi connectivity index (χ4v) is 3.85.